The van der Waals surface area contributed by atoms with Crippen LogP contribution in [0.3, 0.4) is 0 Å². The smallest absolute Gasteiger partial charge is 0.135 e. The molecule has 1 atom stereocenters. The van der Waals surface area contributed by atoms with Gasteiger partial charge in [0, 0.05) is 27.0 Å². The van der Waals surface area contributed by atoms with Crippen molar-refractivity contribution >= 4 is 43.7 Å². The first-order valence-electron chi connectivity index (χ1n) is 16.9. The lowest BCUT2D eigenvalue weighted by Gasteiger charge is -2.50. The lowest BCUT2D eigenvalue weighted by molar-refractivity contribution is 0.556. The molecule has 0 amide bonds. The molecule has 0 N–H and O–H groups in total. The van der Waals surface area contributed by atoms with Gasteiger partial charge in [0.2, 0.25) is 0 Å². The van der Waals surface area contributed by atoms with E-state index in [2.05, 4.69) is 164 Å². The predicted octanol–water partition coefficient (Wildman–Crippen LogP) is 11.7. The van der Waals surface area contributed by atoms with Crippen molar-refractivity contribution in [3.05, 3.63) is 185 Å². The van der Waals surface area contributed by atoms with Crippen LogP contribution in [0.15, 0.2) is 156 Å². The fourth-order valence-electron chi connectivity index (χ4n) is 9.40. The Labute approximate surface area is 278 Å². The van der Waals surface area contributed by atoms with E-state index in [1.54, 1.807) is 0 Å². The second kappa shape index (κ2) is 8.93. The van der Waals surface area contributed by atoms with Crippen molar-refractivity contribution in [3.63, 3.8) is 0 Å². The van der Waals surface area contributed by atoms with E-state index in [1.807, 2.05) is 6.07 Å². The van der Waals surface area contributed by atoms with Crippen LogP contribution in [-0.4, -0.2) is 4.57 Å². The summed E-state index contributed by atoms with van der Waals surface area (Å²) in [7, 11) is 0. The first-order valence-corrected chi connectivity index (χ1v) is 16.9. The van der Waals surface area contributed by atoms with Gasteiger partial charge in [0.1, 0.15) is 11.2 Å². The Morgan fingerprint density at radius 3 is 1.96 bits per heavy atom. The third-order valence-electron chi connectivity index (χ3n) is 11.5. The summed E-state index contributed by atoms with van der Waals surface area (Å²) in [5.41, 5.74) is 15.5. The molecule has 2 heteroatoms. The second-order valence-corrected chi connectivity index (χ2v) is 14.1. The van der Waals surface area contributed by atoms with Crippen LogP contribution in [-0.2, 0) is 10.8 Å². The summed E-state index contributed by atoms with van der Waals surface area (Å²) in [5.74, 6) is 0. The molecule has 7 aromatic carbocycles. The van der Waals surface area contributed by atoms with Crippen LogP contribution in [0.4, 0.5) is 0 Å². The van der Waals surface area contributed by atoms with E-state index >= 15 is 0 Å². The number of para-hydroxylation sites is 4. The van der Waals surface area contributed by atoms with E-state index in [0.717, 1.165) is 21.9 Å². The summed E-state index contributed by atoms with van der Waals surface area (Å²) < 4.78 is 8.71. The highest BCUT2D eigenvalue weighted by Gasteiger charge is 2.52. The van der Waals surface area contributed by atoms with E-state index in [-0.39, 0.29) is 5.41 Å². The average molecular weight is 614 g/mol. The monoisotopic (exact) mass is 613 g/mol. The molecule has 0 radical (unpaired) electrons. The van der Waals surface area contributed by atoms with E-state index < -0.39 is 5.41 Å². The Morgan fingerprint density at radius 1 is 0.438 bits per heavy atom. The van der Waals surface area contributed by atoms with Gasteiger partial charge < -0.3 is 8.98 Å². The zero-order chi connectivity index (χ0) is 31.8. The molecule has 11 rings (SSSR count). The van der Waals surface area contributed by atoms with Gasteiger partial charge in [0.15, 0.2) is 0 Å². The van der Waals surface area contributed by atoms with Crippen molar-refractivity contribution in [1.82, 2.24) is 4.57 Å². The minimum Gasteiger partial charge on any atom is -0.456 e. The van der Waals surface area contributed by atoms with Gasteiger partial charge in [-0.1, -0.05) is 129 Å². The van der Waals surface area contributed by atoms with Crippen LogP contribution in [0.2, 0.25) is 0 Å². The molecule has 1 spiro atoms. The molecule has 1 unspecified atom stereocenters. The topological polar surface area (TPSA) is 18.1 Å². The quantitative estimate of drug-likeness (QED) is 0.180. The normalized spacial score (nSPS) is 17.2. The van der Waals surface area contributed by atoms with Gasteiger partial charge in [-0.25, -0.2) is 0 Å². The number of benzene rings is 7. The first-order chi connectivity index (χ1) is 23.6. The van der Waals surface area contributed by atoms with Gasteiger partial charge in [-0.3, -0.25) is 0 Å². The fourth-order valence-corrected chi connectivity index (χ4v) is 9.40. The molecule has 0 fully saturated rings. The van der Waals surface area contributed by atoms with Crippen molar-refractivity contribution < 1.29 is 4.42 Å². The third kappa shape index (κ3) is 3.04. The molecule has 0 saturated carbocycles. The highest BCUT2D eigenvalue weighted by molar-refractivity contribution is 6.12. The Balaban J connectivity index is 1.27. The molecule has 3 heterocycles. The Hall–Kier alpha value is -5.86. The highest BCUT2D eigenvalue weighted by atomic mass is 16.3. The molecule has 1 aliphatic heterocycles. The summed E-state index contributed by atoms with van der Waals surface area (Å²) in [6.07, 6.45) is 0. The number of hydrogen-bond acceptors (Lipinski definition) is 1. The van der Waals surface area contributed by atoms with E-state index in [4.69, 9.17) is 4.42 Å². The molecule has 2 aliphatic rings. The van der Waals surface area contributed by atoms with E-state index in [1.165, 1.54) is 72.0 Å². The number of hydrogen-bond donors (Lipinski definition) is 0. The molecule has 2 aromatic heterocycles. The largest absolute Gasteiger partial charge is 0.456 e. The Morgan fingerprint density at radius 2 is 1.06 bits per heavy atom. The van der Waals surface area contributed by atoms with Crippen LogP contribution >= 0.6 is 0 Å². The Kier molecular flexibility index (Phi) is 4.88. The summed E-state index contributed by atoms with van der Waals surface area (Å²) >= 11 is 0. The standard InChI is InChI=1S/C46H31NO/c1-45(2)34-15-5-6-16-35(34)46(36-24-22-29(27-39(36)45)28-23-25-43-33(26-28)31-13-4-10-21-42(31)48-43)37-17-7-9-20-41(37)47-40-19-8-3-12-30(40)32-14-11-18-38(46)44(32)47/h3-27H,1-2H3. The number of furan rings is 1. The van der Waals surface area contributed by atoms with Crippen LogP contribution < -0.4 is 0 Å². The molecule has 0 bridgehead atoms. The van der Waals surface area contributed by atoms with Crippen molar-refractivity contribution in [2.75, 3.05) is 0 Å². The predicted molar refractivity (Wildman–Crippen MR) is 197 cm³/mol. The SMILES string of the molecule is CC1(C)c2ccccc2C2(c3ccccc3-n3c4ccccc4c4cccc2c43)c2ccc(-c3ccc4oc5ccccc5c4c3)cc21. The summed E-state index contributed by atoms with van der Waals surface area (Å²) in [6.45, 7) is 4.81. The zero-order valence-corrected chi connectivity index (χ0v) is 26.8. The van der Waals surface area contributed by atoms with Crippen LogP contribution in [0, 0.1) is 0 Å². The highest BCUT2D eigenvalue weighted by Crippen LogP contribution is 2.60. The van der Waals surface area contributed by atoms with Crippen LogP contribution in [0.5, 0.6) is 0 Å². The van der Waals surface area contributed by atoms with Gasteiger partial charge in [-0.05, 0) is 80.9 Å². The minimum atomic E-state index is -0.481. The molecule has 0 saturated heterocycles. The van der Waals surface area contributed by atoms with Gasteiger partial charge in [0.25, 0.3) is 0 Å². The minimum absolute atomic E-state index is 0.216. The van der Waals surface area contributed by atoms with E-state index in [9.17, 15) is 0 Å². The average Bonchev–Trinajstić information content (AvgIpc) is 3.68. The summed E-state index contributed by atoms with van der Waals surface area (Å²) in [4.78, 5) is 0. The number of fused-ring (bicyclic) bond motifs is 14. The van der Waals surface area contributed by atoms with Gasteiger partial charge >= 0.3 is 0 Å². The van der Waals surface area contributed by atoms with Crippen LogP contribution in [0.25, 0.3) is 60.6 Å². The summed E-state index contributed by atoms with van der Waals surface area (Å²) in [5, 5.41) is 4.91. The van der Waals surface area contributed by atoms with Gasteiger partial charge in [0.05, 0.1) is 22.1 Å². The maximum absolute atomic E-state index is 6.19. The van der Waals surface area contributed by atoms with Crippen molar-refractivity contribution in [2.45, 2.75) is 24.7 Å². The third-order valence-corrected chi connectivity index (χ3v) is 11.5. The lowest BCUT2D eigenvalue weighted by atomic mass is 9.53. The van der Waals surface area contributed by atoms with Gasteiger partial charge in [-0.15, -0.1) is 0 Å². The Bertz CT molecular complexity index is 2830. The first kappa shape index (κ1) is 26.2. The fraction of sp³-hybridized carbons (Fsp3) is 0.0870. The molecular weight excluding hydrogens is 583 g/mol. The van der Waals surface area contributed by atoms with Crippen LogP contribution in [0.1, 0.15) is 47.2 Å². The molecule has 9 aromatic rings. The molecule has 1 aliphatic carbocycles. The second-order valence-electron chi connectivity index (χ2n) is 14.1. The zero-order valence-electron chi connectivity index (χ0n) is 26.8. The maximum Gasteiger partial charge on any atom is 0.135 e. The maximum atomic E-state index is 6.19. The molecular formula is C46H31NO. The van der Waals surface area contributed by atoms with Crippen molar-refractivity contribution in [3.8, 4) is 16.8 Å². The lowest BCUT2D eigenvalue weighted by Crippen LogP contribution is -2.44. The molecule has 2 nitrogen and oxygen atoms in total. The van der Waals surface area contributed by atoms with E-state index in [0.29, 0.717) is 0 Å². The summed E-state index contributed by atoms with van der Waals surface area (Å²) in [6, 6.07) is 56.4. The number of nitrogens with zero attached hydrogens (tertiary/aromatic N) is 1. The molecule has 48 heavy (non-hydrogen) atoms. The number of rotatable bonds is 1. The number of aromatic nitrogens is 1. The van der Waals surface area contributed by atoms with Crippen molar-refractivity contribution in [2.24, 2.45) is 0 Å². The molecule has 226 valence electrons. The van der Waals surface area contributed by atoms with Crippen molar-refractivity contribution in [1.29, 1.82) is 0 Å². The van der Waals surface area contributed by atoms with Gasteiger partial charge in [-0.2, -0.15) is 0 Å².